The zero-order chi connectivity index (χ0) is 17.9. The maximum atomic E-state index is 12.5. The van der Waals surface area contributed by atoms with Crippen LogP contribution in [-0.4, -0.2) is 56.1 Å². The van der Waals surface area contributed by atoms with Gasteiger partial charge in [0.25, 0.3) is 0 Å². The lowest BCUT2D eigenvalue weighted by molar-refractivity contribution is -0.147. The van der Waals surface area contributed by atoms with Crippen molar-refractivity contribution in [2.45, 2.75) is 33.4 Å². The highest BCUT2D eigenvalue weighted by Gasteiger charge is 2.27. The molecule has 0 saturated heterocycles. The van der Waals surface area contributed by atoms with Crippen molar-refractivity contribution in [2.24, 2.45) is 0 Å². The first-order valence-corrected chi connectivity index (χ1v) is 7.07. The van der Waals surface area contributed by atoms with Crippen LogP contribution >= 0.6 is 0 Å². The van der Waals surface area contributed by atoms with Crippen LogP contribution in [0.3, 0.4) is 0 Å². The molecule has 0 radical (unpaired) electrons. The normalized spacial score (nSPS) is 11.8. The second kappa shape index (κ2) is 7.02. The van der Waals surface area contributed by atoms with Crippen LogP contribution in [0, 0.1) is 13.8 Å². The van der Waals surface area contributed by atoms with E-state index in [1.807, 2.05) is 0 Å². The van der Waals surface area contributed by atoms with E-state index < -0.39 is 23.8 Å². The lowest BCUT2D eigenvalue weighted by atomic mass is 10.1. The third-order valence-electron chi connectivity index (χ3n) is 3.43. The van der Waals surface area contributed by atoms with Gasteiger partial charge in [-0.05, 0) is 36.8 Å². The van der Waals surface area contributed by atoms with E-state index >= 15 is 0 Å². The molecule has 1 atom stereocenters. The lowest BCUT2D eigenvalue weighted by Gasteiger charge is -2.12. The number of rotatable bonds is 6. The second-order valence-electron chi connectivity index (χ2n) is 5.12. The number of aromatic amines is 1. The fourth-order valence-electron chi connectivity index (χ4n) is 2.28. The molecule has 0 saturated carbocycles. The monoisotopic (exact) mass is 335 g/mol. The summed E-state index contributed by atoms with van der Waals surface area (Å²) in [4.78, 5) is 38.9. The van der Waals surface area contributed by atoms with Crippen LogP contribution in [0.1, 0.15) is 39.0 Å². The third kappa shape index (κ3) is 3.47. The number of methoxy groups -OCH3 is 1. The van der Waals surface area contributed by atoms with Gasteiger partial charge >= 0.3 is 11.9 Å². The van der Waals surface area contributed by atoms with Crippen LogP contribution in [0.2, 0.25) is 0 Å². The number of carbonyl (C=O) groups excluding carboxylic acids is 3. The van der Waals surface area contributed by atoms with Crippen LogP contribution in [0.25, 0.3) is 0 Å². The molecule has 0 aromatic carbocycles. The van der Waals surface area contributed by atoms with Crippen LogP contribution in [-0.2, 0) is 20.8 Å². The molecule has 24 heavy (non-hydrogen) atoms. The van der Waals surface area contributed by atoms with Crippen molar-refractivity contribution >= 4 is 17.7 Å². The molecule has 2 heterocycles. The molecule has 0 bridgehead atoms. The second-order valence-corrected chi connectivity index (χ2v) is 5.12. The summed E-state index contributed by atoms with van der Waals surface area (Å²) in [5, 5.41) is 10.3. The zero-order valence-corrected chi connectivity index (χ0v) is 13.7. The minimum absolute atomic E-state index is 0.204. The lowest BCUT2D eigenvalue weighted by Crippen LogP contribution is -2.27. The number of aryl methyl sites for hydroxylation is 1. The molecule has 0 amide bonds. The number of aromatic nitrogens is 5. The Morgan fingerprint density at radius 3 is 2.62 bits per heavy atom. The first-order valence-electron chi connectivity index (χ1n) is 7.07. The number of Topliss-reactive ketones (excluding diaryl/α,β-unsaturated/α-hetero) is 1. The summed E-state index contributed by atoms with van der Waals surface area (Å²) in [5.74, 6) is -1.64. The number of hydrogen-bond acceptors (Lipinski definition) is 8. The van der Waals surface area contributed by atoms with E-state index in [1.54, 1.807) is 13.8 Å². The molecule has 128 valence electrons. The molecule has 0 aliphatic rings. The molecule has 10 nitrogen and oxygen atoms in total. The summed E-state index contributed by atoms with van der Waals surface area (Å²) in [7, 11) is 1.26. The predicted octanol–water partition coefficient (Wildman–Crippen LogP) is 0.219. The first-order chi connectivity index (χ1) is 11.3. The van der Waals surface area contributed by atoms with Crippen molar-refractivity contribution in [3.63, 3.8) is 0 Å². The fraction of sp³-hybridized carbons (Fsp3) is 0.429. The van der Waals surface area contributed by atoms with E-state index in [0.717, 1.165) is 0 Å². The van der Waals surface area contributed by atoms with Gasteiger partial charge in [-0.3, -0.25) is 9.59 Å². The highest BCUT2D eigenvalue weighted by Crippen LogP contribution is 2.20. The van der Waals surface area contributed by atoms with E-state index in [9.17, 15) is 14.4 Å². The van der Waals surface area contributed by atoms with E-state index in [2.05, 4.69) is 20.5 Å². The van der Waals surface area contributed by atoms with E-state index in [4.69, 9.17) is 9.47 Å². The number of tetrazole rings is 1. The number of esters is 2. The van der Waals surface area contributed by atoms with Crippen molar-refractivity contribution in [3.8, 4) is 0 Å². The van der Waals surface area contributed by atoms with Crippen molar-refractivity contribution < 1.29 is 23.9 Å². The number of H-pyrrole nitrogens is 1. The molecule has 2 rings (SSSR count). The zero-order valence-electron chi connectivity index (χ0n) is 13.7. The Morgan fingerprint density at radius 2 is 2.04 bits per heavy atom. The smallest absolute Gasteiger partial charge is 0.339 e. The quantitative estimate of drug-likeness (QED) is 0.586. The van der Waals surface area contributed by atoms with Gasteiger partial charge in [-0.2, -0.15) is 0 Å². The number of ether oxygens (including phenoxy) is 2. The first kappa shape index (κ1) is 17.3. The van der Waals surface area contributed by atoms with Crippen LogP contribution in [0.4, 0.5) is 0 Å². The summed E-state index contributed by atoms with van der Waals surface area (Å²) in [6.07, 6.45) is 0.228. The Morgan fingerprint density at radius 1 is 1.33 bits per heavy atom. The molecule has 0 unspecified atom stereocenters. The Bertz CT molecular complexity index is 765. The molecule has 1 N–H and O–H groups in total. The van der Waals surface area contributed by atoms with Gasteiger partial charge in [0.05, 0.1) is 18.4 Å². The van der Waals surface area contributed by atoms with Gasteiger partial charge in [0, 0.05) is 5.69 Å². The van der Waals surface area contributed by atoms with Gasteiger partial charge in [-0.1, -0.05) is 0 Å². The van der Waals surface area contributed by atoms with Crippen molar-refractivity contribution in [3.05, 3.63) is 28.8 Å². The van der Waals surface area contributed by atoms with Crippen LogP contribution in [0.15, 0.2) is 6.33 Å². The summed E-state index contributed by atoms with van der Waals surface area (Å²) >= 11 is 0. The number of carbonyl (C=O) groups is 3. The number of nitrogens with one attached hydrogen (secondary N) is 1. The van der Waals surface area contributed by atoms with Crippen molar-refractivity contribution in [2.75, 3.05) is 7.11 Å². The molecule has 10 heteroatoms. The van der Waals surface area contributed by atoms with E-state index in [0.29, 0.717) is 16.8 Å². The summed E-state index contributed by atoms with van der Waals surface area (Å²) in [6.45, 7) is 4.52. The molecular formula is C14H17N5O5. The molecule has 0 aliphatic carbocycles. The topological polar surface area (TPSA) is 129 Å². The standard InChI is InChI=1S/C14H17N5O5/c1-7-11(14(22)23-4)8(2)16-12(7)13(21)9(3)24-10(20)5-19-6-15-17-18-19/h6,9,16H,5H2,1-4H3/t9-/m0/s1. The van der Waals surface area contributed by atoms with Crippen molar-refractivity contribution in [1.29, 1.82) is 0 Å². The average molecular weight is 335 g/mol. The summed E-state index contributed by atoms with van der Waals surface area (Å²) < 4.78 is 11.0. The Balaban J connectivity index is 2.10. The van der Waals surface area contributed by atoms with E-state index in [1.165, 1.54) is 25.0 Å². The largest absolute Gasteiger partial charge is 0.465 e. The summed E-state index contributed by atoms with van der Waals surface area (Å²) in [6, 6.07) is 0. The molecule has 0 spiro atoms. The van der Waals surface area contributed by atoms with Gasteiger partial charge in [-0.15, -0.1) is 5.10 Å². The third-order valence-corrected chi connectivity index (χ3v) is 3.43. The van der Waals surface area contributed by atoms with Gasteiger partial charge in [0.2, 0.25) is 5.78 Å². The Hall–Kier alpha value is -3.04. The van der Waals surface area contributed by atoms with E-state index in [-0.39, 0.29) is 12.2 Å². The Kier molecular flexibility index (Phi) is 5.07. The number of ketones is 1. The minimum atomic E-state index is -1.03. The van der Waals surface area contributed by atoms with Gasteiger partial charge in [0.15, 0.2) is 6.10 Å². The summed E-state index contributed by atoms with van der Waals surface area (Å²) in [5.41, 5.74) is 1.46. The highest BCUT2D eigenvalue weighted by atomic mass is 16.5. The van der Waals surface area contributed by atoms with Gasteiger partial charge < -0.3 is 14.5 Å². The highest BCUT2D eigenvalue weighted by molar-refractivity contribution is 6.03. The Labute approximate surface area is 137 Å². The average Bonchev–Trinajstić information content (AvgIpc) is 3.13. The van der Waals surface area contributed by atoms with Gasteiger partial charge in [-0.25, -0.2) is 9.48 Å². The van der Waals surface area contributed by atoms with Gasteiger partial charge in [0.1, 0.15) is 12.9 Å². The molecule has 2 aromatic heterocycles. The SMILES string of the molecule is COC(=O)c1c(C)[nH]c(C(=O)[C@H](C)OC(=O)Cn2cnnn2)c1C. The maximum absolute atomic E-state index is 12.5. The minimum Gasteiger partial charge on any atom is -0.465 e. The van der Waals surface area contributed by atoms with Crippen molar-refractivity contribution in [1.82, 2.24) is 25.2 Å². The number of nitrogens with zero attached hydrogens (tertiary/aromatic N) is 4. The fourth-order valence-corrected chi connectivity index (χ4v) is 2.28. The predicted molar refractivity (Wildman–Crippen MR) is 79.3 cm³/mol. The van der Waals surface area contributed by atoms with Crippen LogP contribution in [0.5, 0.6) is 0 Å². The molecular weight excluding hydrogens is 318 g/mol. The number of hydrogen-bond donors (Lipinski definition) is 1. The maximum Gasteiger partial charge on any atom is 0.339 e. The molecule has 0 aliphatic heterocycles. The molecule has 0 fully saturated rings. The molecule has 2 aromatic rings. The van der Waals surface area contributed by atoms with Crippen LogP contribution < -0.4 is 0 Å².